The third-order valence-electron chi connectivity index (χ3n) is 2.49. The maximum absolute atomic E-state index is 11.7. The van der Waals surface area contributed by atoms with Gasteiger partial charge in [0, 0.05) is 5.02 Å². The summed E-state index contributed by atoms with van der Waals surface area (Å²) in [5.41, 5.74) is 6.40. The molecule has 4 heteroatoms. The van der Waals surface area contributed by atoms with Crippen molar-refractivity contribution in [2.75, 3.05) is 6.61 Å². The smallest absolute Gasteiger partial charge is 0.327 e. The van der Waals surface area contributed by atoms with Crippen LogP contribution in [0.5, 0.6) is 0 Å². The van der Waals surface area contributed by atoms with Gasteiger partial charge in [0.1, 0.15) is 6.04 Å². The highest BCUT2D eigenvalue weighted by atomic mass is 35.5. The fraction of sp³-hybridized carbons (Fsp3) is 0.462. The van der Waals surface area contributed by atoms with Crippen molar-refractivity contribution in [1.82, 2.24) is 0 Å². The van der Waals surface area contributed by atoms with Gasteiger partial charge in [-0.3, -0.25) is 0 Å². The van der Waals surface area contributed by atoms with Crippen LogP contribution in [0.1, 0.15) is 37.8 Å². The van der Waals surface area contributed by atoms with Gasteiger partial charge in [0.15, 0.2) is 0 Å². The fourth-order valence-corrected chi connectivity index (χ4v) is 1.72. The second kappa shape index (κ2) is 7.30. The maximum atomic E-state index is 11.7. The molecule has 0 saturated heterocycles. The van der Waals surface area contributed by atoms with Gasteiger partial charge in [0.25, 0.3) is 0 Å². The first-order valence-corrected chi connectivity index (χ1v) is 6.21. The molecule has 0 fully saturated rings. The number of hydrogen-bond donors (Lipinski definition) is 1. The molecule has 1 aromatic rings. The Hall–Kier alpha value is -1.06. The van der Waals surface area contributed by atoms with Crippen molar-refractivity contribution >= 4 is 17.6 Å². The molecule has 17 heavy (non-hydrogen) atoms. The molecular formula is C13H18ClNO2. The monoisotopic (exact) mass is 255 g/mol. The van der Waals surface area contributed by atoms with E-state index in [0.29, 0.717) is 17.2 Å². The number of rotatable bonds is 6. The lowest BCUT2D eigenvalue weighted by atomic mass is 10.1. The van der Waals surface area contributed by atoms with Crippen molar-refractivity contribution in [2.24, 2.45) is 5.73 Å². The quantitative estimate of drug-likeness (QED) is 0.628. The molecule has 1 rings (SSSR count). The molecule has 0 unspecified atom stereocenters. The molecule has 0 aliphatic heterocycles. The number of benzene rings is 1. The molecule has 0 radical (unpaired) electrons. The number of unbranched alkanes of at least 4 members (excludes halogenated alkanes) is 2. The zero-order valence-electron chi connectivity index (χ0n) is 9.99. The minimum absolute atomic E-state index is 0.421. The van der Waals surface area contributed by atoms with Gasteiger partial charge in [-0.05, 0) is 18.1 Å². The van der Waals surface area contributed by atoms with Crippen molar-refractivity contribution in [2.45, 2.75) is 32.2 Å². The lowest BCUT2D eigenvalue weighted by Gasteiger charge is -2.12. The average molecular weight is 256 g/mol. The molecule has 0 amide bonds. The number of carbonyl (C=O) groups is 1. The third-order valence-corrected chi connectivity index (χ3v) is 2.83. The Morgan fingerprint density at radius 2 is 2.12 bits per heavy atom. The van der Waals surface area contributed by atoms with Gasteiger partial charge >= 0.3 is 5.97 Å². The second-order valence-electron chi connectivity index (χ2n) is 3.87. The van der Waals surface area contributed by atoms with Crippen LogP contribution in [0.25, 0.3) is 0 Å². The minimum Gasteiger partial charge on any atom is -0.464 e. The summed E-state index contributed by atoms with van der Waals surface area (Å²) in [6.45, 7) is 2.52. The molecule has 0 aliphatic rings. The Balaban J connectivity index is 2.49. The first kappa shape index (κ1) is 14.0. The van der Waals surface area contributed by atoms with E-state index in [1.807, 2.05) is 0 Å². The van der Waals surface area contributed by atoms with Crippen LogP contribution < -0.4 is 5.73 Å². The summed E-state index contributed by atoms with van der Waals surface area (Å²) in [6.07, 6.45) is 3.01. The molecule has 0 aliphatic carbocycles. The van der Waals surface area contributed by atoms with E-state index in [1.54, 1.807) is 24.3 Å². The molecule has 94 valence electrons. The van der Waals surface area contributed by atoms with E-state index in [0.717, 1.165) is 19.3 Å². The molecule has 3 nitrogen and oxygen atoms in total. The summed E-state index contributed by atoms with van der Waals surface area (Å²) in [6, 6.07) is 6.24. The first-order valence-electron chi connectivity index (χ1n) is 5.83. The molecule has 2 N–H and O–H groups in total. The van der Waals surface area contributed by atoms with Gasteiger partial charge in [-0.2, -0.15) is 0 Å². The highest BCUT2D eigenvalue weighted by Crippen LogP contribution is 2.21. The zero-order valence-corrected chi connectivity index (χ0v) is 10.7. The SMILES string of the molecule is CCCCCOC(=O)[C@H](N)c1ccccc1Cl. The van der Waals surface area contributed by atoms with E-state index >= 15 is 0 Å². The summed E-state index contributed by atoms with van der Waals surface area (Å²) in [4.78, 5) is 11.7. The minimum atomic E-state index is -0.801. The van der Waals surface area contributed by atoms with Crippen molar-refractivity contribution in [1.29, 1.82) is 0 Å². The summed E-state index contributed by atoms with van der Waals surface area (Å²) in [5.74, 6) is -0.422. The fourth-order valence-electron chi connectivity index (χ4n) is 1.47. The molecule has 0 saturated carbocycles. The van der Waals surface area contributed by atoms with Crippen molar-refractivity contribution in [3.05, 3.63) is 34.9 Å². The number of hydrogen-bond acceptors (Lipinski definition) is 3. The highest BCUT2D eigenvalue weighted by molar-refractivity contribution is 6.31. The van der Waals surface area contributed by atoms with Gasteiger partial charge in [-0.1, -0.05) is 49.6 Å². The van der Waals surface area contributed by atoms with E-state index in [4.69, 9.17) is 22.1 Å². The summed E-state index contributed by atoms with van der Waals surface area (Å²) < 4.78 is 5.09. The van der Waals surface area contributed by atoms with Gasteiger partial charge in [-0.15, -0.1) is 0 Å². The number of esters is 1. The normalized spacial score (nSPS) is 12.2. The molecular weight excluding hydrogens is 238 g/mol. The van der Waals surface area contributed by atoms with Crippen molar-refractivity contribution in [3.63, 3.8) is 0 Å². The molecule has 0 spiro atoms. The molecule has 0 heterocycles. The predicted molar refractivity (Wildman–Crippen MR) is 68.9 cm³/mol. The van der Waals surface area contributed by atoms with Gasteiger partial charge < -0.3 is 10.5 Å². The third kappa shape index (κ3) is 4.36. The highest BCUT2D eigenvalue weighted by Gasteiger charge is 2.19. The van der Waals surface area contributed by atoms with E-state index < -0.39 is 12.0 Å². The van der Waals surface area contributed by atoms with Gasteiger partial charge in [0.2, 0.25) is 0 Å². The molecule has 1 aromatic carbocycles. The molecule has 0 aromatic heterocycles. The zero-order chi connectivity index (χ0) is 12.7. The van der Waals surface area contributed by atoms with Crippen LogP contribution >= 0.6 is 11.6 Å². The van der Waals surface area contributed by atoms with Crippen LogP contribution in [-0.2, 0) is 9.53 Å². The van der Waals surface area contributed by atoms with Crippen LogP contribution in [0.4, 0.5) is 0 Å². The van der Waals surface area contributed by atoms with E-state index in [1.165, 1.54) is 0 Å². The van der Waals surface area contributed by atoms with Crippen molar-refractivity contribution < 1.29 is 9.53 Å². The van der Waals surface area contributed by atoms with Crippen LogP contribution in [0.3, 0.4) is 0 Å². The standard InChI is InChI=1S/C13H18ClNO2/c1-2-3-6-9-17-13(16)12(15)10-7-4-5-8-11(10)14/h4-5,7-8,12H,2-3,6,9,15H2,1H3/t12-/m1/s1. The van der Waals surface area contributed by atoms with Gasteiger partial charge in [0.05, 0.1) is 6.61 Å². The lowest BCUT2D eigenvalue weighted by molar-refractivity contribution is -0.145. The lowest BCUT2D eigenvalue weighted by Crippen LogP contribution is -2.24. The average Bonchev–Trinajstić information content (AvgIpc) is 2.34. The topological polar surface area (TPSA) is 52.3 Å². The Labute approximate surface area is 107 Å². The van der Waals surface area contributed by atoms with Crippen LogP contribution in [0, 0.1) is 0 Å². The number of halogens is 1. The molecule has 0 bridgehead atoms. The van der Waals surface area contributed by atoms with E-state index in [9.17, 15) is 4.79 Å². The number of nitrogens with two attached hydrogens (primary N) is 1. The Bertz CT molecular complexity index is 368. The maximum Gasteiger partial charge on any atom is 0.327 e. The first-order chi connectivity index (χ1) is 8.16. The number of carbonyl (C=O) groups excluding carboxylic acids is 1. The number of ether oxygens (including phenoxy) is 1. The summed E-state index contributed by atoms with van der Waals surface area (Å²) in [5, 5.41) is 0.491. The van der Waals surface area contributed by atoms with E-state index in [2.05, 4.69) is 6.92 Å². The van der Waals surface area contributed by atoms with Crippen LogP contribution in [0.2, 0.25) is 5.02 Å². The predicted octanol–water partition coefficient (Wildman–Crippen LogP) is 3.07. The van der Waals surface area contributed by atoms with Crippen LogP contribution in [-0.4, -0.2) is 12.6 Å². The summed E-state index contributed by atoms with van der Waals surface area (Å²) in [7, 11) is 0. The Morgan fingerprint density at radius 1 is 1.41 bits per heavy atom. The second-order valence-corrected chi connectivity index (χ2v) is 4.28. The van der Waals surface area contributed by atoms with Crippen molar-refractivity contribution in [3.8, 4) is 0 Å². The van der Waals surface area contributed by atoms with E-state index in [-0.39, 0.29) is 0 Å². The Morgan fingerprint density at radius 3 is 2.76 bits per heavy atom. The van der Waals surface area contributed by atoms with Gasteiger partial charge in [-0.25, -0.2) is 4.79 Å². The summed E-state index contributed by atoms with van der Waals surface area (Å²) >= 11 is 5.96. The largest absolute Gasteiger partial charge is 0.464 e. The Kier molecular flexibility index (Phi) is 6.01. The molecule has 1 atom stereocenters. The van der Waals surface area contributed by atoms with Crippen LogP contribution in [0.15, 0.2) is 24.3 Å².